The summed E-state index contributed by atoms with van der Waals surface area (Å²) in [6.45, 7) is 1.38. The molecule has 1 amide bonds. The van der Waals surface area contributed by atoms with E-state index in [4.69, 9.17) is 33.1 Å². The zero-order chi connectivity index (χ0) is 19.5. The van der Waals surface area contributed by atoms with E-state index in [-0.39, 0.29) is 15.5 Å². The fourth-order valence-electron chi connectivity index (χ4n) is 1.89. The van der Waals surface area contributed by atoms with Gasteiger partial charge in [-0.25, -0.2) is 18.4 Å². The van der Waals surface area contributed by atoms with Gasteiger partial charge >= 0.3 is 5.97 Å². The predicted molar refractivity (Wildman–Crippen MR) is 97.8 cm³/mol. The number of hydrogen-bond donors (Lipinski definition) is 2. The third-order valence-electron chi connectivity index (χ3n) is 3.26. The van der Waals surface area contributed by atoms with Gasteiger partial charge in [-0.15, -0.1) is 0 Å². The van der Waals surface area contributed by atoms with Crippen molar-refractivity contribution < 1.29 is 22.7 Å². The van der Waals surface area contributed by atoms with Crippen molar-refractivity contribution in [2.75, 3.05) is 5.32 Å². The highest BCUT2D eigenvalue weighted by molar-refractivity contribution is 7.89. The number of rotatable bonds is 5. The third kappa shape index (κ3) is 5.18. The first-order valence-corrected chi connectivity index (χ1v) is 9.48. The minimum absolute atomic E-state index is 0.0709. The minimum atomic E-state index is -3.86. The van der Waals surface area contributed by atoms with E-state index in [0.717, 1.165) is 0 Å². The number of esters is 1. The molecular formula is C16H14Cl2N2O5S. The van der Waals surface area contributed by atoms with Crippen LogP contribution in [0.5, 0.6) is 0 Å². The minimum Gasteiger partial charge on any atom is -0.449 e. The highest BCUT2D eigenvalue weighted by Crippen LogP contribution is 2.25. The van der Waals surface area contributed by atoms with E-state index < -0.39 is 28.0 Å². The van der Waals surface area contributed by atoms with Crippen LogP contribution in [-0.2, 0) is 19.6 Å². The molecule has 138 valence electrons. The molecule has 0 aliphatic heterocycles. The molecule has 2 aromatic carbocycles. The van der Waals surface area contributed by atoms with Crippen LogP contribution in [0.3, 0.4) is 0 Å². The Labute approximate surface area is 160 Å². The van der Waals surface area contributed by atoms with Gasteiger partial charge in [-0.2, -0.15) is 0 Å². The molecule has 1 unspecified atom stereocenters. The smallest absolute Gasteiger partial charge is 0.338 e. The largest absolute Gasteiger partial charge is 0.449 e. The summed E-state index contributed by atoms with van der Waals surface area (Å²) >= 11 is 11.7. The molecule has 2 aromatic rings. The molecule has 7 nitrogen and oxygen atoms in total. The topological polar surface area (TPSA) is 116 Å². The van der Waals surface area contributed by atoms with Crippen molar-refractivity contribution in [1.82, 2.24) is 0 Å². The van der Waals surface area contributed by atoms with Crippen LogP contribution in [0, 0.1) is 0 Å². The van der Waals surface area contributed by atoms with E-state index in [1.54, 1.807) is 6.07 Å². The summed E-state index contributed by atoms with van der Waals surface area (Å²) in [4.78, 5) is 24.0. The van der Waals surface area contributed by atoms with Crippen molar-refractivity contribution in [2.45, 2.75) is 17.9 Å². The first-order valence-electron chi connectivity index (χ1n) is 7.17. The molecule has 10 heteroatoms. The van der Waals surface area contributed by atoms with E-state index in [9.17, 15) is 18.0 Å². The number of nitrogens with two attached hydrogens (primary N) is 1. The molecule has 0 spiro atoms. The second-order valence-electron chi connectivity index (χ2n) is 5.23. The molecule has 0 heterocycles. The Hall–Kier alpha value is -2.13. The Morgan fingerprint density at radius 3 is 2.27 bits per heavy atom. The van der Waals surface area contributed by atoms with Gasteiger partial charge in [0.1, 0.15) is 0 Å². The summed E-state index contributed by atoms with van der Waals surface area (Å²) in [6.07, 6.45) is -1.12. The van der Waals surface area contributed by atoms with Gasteiger partial charge in [0.25, 0.3) is 5.91 Å². The zero-order valence-corrected chi connectivity index (χ0v) is 15.7. The summed E-state index contributed by atoms with van der Waals surface area (Å²) in [5.74, 6) is -1.39. The average Bonchev–Trinajstić information content (AvgIpc) is 2.56. The van der Waals surface area contributed by atoms with Crippen molar-refractivity contribution in [1.29, 1.82) is 0 Å². The van der Waals surface area contributed by atoms with E-state index in [1.165, 1.54) is 43.3 Å². The molecule has 0 saturated heterocycles. The average molecular weight is 417 g/mol. The molecule has 0 bridgehead atoms. The van der Waals surface area contributed by atoms with Gasteiger partial charge in [0.15, 0.2) is 6.10 Å². The quantitative estimate of drug-likeness (QED) is 0.726. The summed E-state index contributed by atoms with van der Waals surface area (Å²) in [5, 5.41) is 8.15. The Bertz CT molecular complexity index is 946. The summed E-state index contributed by atoms with van der Waals surface area (Å²) < 4.78 is 27.4. The molecule has 0 radical (unpaired) electrons. The van der Waals surface area contributed by atoms with E-state index in [2.05, 4.69) is 5.32 Å². The van der Waals surface area contributed by atoms with Gasteiger partial charge in [-0.1, -0.05) is 23.2 Å². The number of sulfonamides is 1. The molecule has 1 atom stereocenters. The number of benzene rings is 2. The maximum Gasteiger partial charge on any atom is 0.338 e. The highest BCUT2D eigenvalue weighted by Gasteiger charge is 2.20. The molecular weight excluding hydrogens is 403 g/mol. The molecule has 0 aromatic heterocycles. The molecule has 26 heavy (non-hydrogen) atoms. The van der Waals surface area contributed by atoms with Gasteiger partial charge in [0.2, 0.25) is 10.0 Å². The lowest BCUT2D eigenvalue weighted by Crippen LogP contribution is -2.30. The summed E-state index contributed by atoms with van der Waals surface area (Å²) in [5.41, 5.74) is 0.392. The van der Waals surface area contributed by atoms with Crippen molar-refractivity contribution in [3.63, 3.8) is 0 Å². The van der Waals surface area contributed by atoms with Crippen LogP contribution in [0.15, 0.2) is 47.4 Å². The molecule has 2 rings (SSSR count). The van der Waals surface area contributed by atoms with Crippen molar-refractivity contribution in [3.8, 4) is 0 Å². The maximum absolute atomic E-state index is 12.1. The number of halogens is 2. The van der Waals surface area contributed by atoms with Crippen LogP contribution in [0.25, 0.3) is 0 Å². The van der Waals surface area contributed by atoms with Crippen molar-refractivity contribution >= 4 is 50.8 Å². The number of amides is 1. The third-order valence-corrected chi connectivity index (χ3v) is 4.74. The molecule has 0 aliphatic rings. The lowest BCUT2D eigenvalue weighted by molar-refractivity contribution is -0.123. The lowest BCUT2D eigenvalue weighted by Gasteiger charge is -2.14. The van der Waals surface area contributed by atoms with Crippen LogP contribution >= 0.6 is 23.2 Å². The fraction of sp³-hybridized carbons (Fsp3) is 0.125. The van der Waals surface area contributed by atoms with Crippen LogP contribution in [0.4, 0.5) is 5.69 Å². The monoisotopic (exact) mass is 416 g/mol. The maximum atomic E-state index is 12.1. The standard InChI is InChI=1S/C16H14Cl2N2O5S/c1-9(15(21)20-14-7-4-11(17)8-13(14)18)25-16(22)10-2-5-12(6-3-10)26(19,23)24/h2-9H,1H3,(H,20,21)(H2,19,23,24). The van der Waals surface area contributed by atoms with Crippen molar-refractivity contribution in [3.05, 3.63) is 58.1 Å². The second kappa shape index (κ2) is 8.05. The number of ether oxygens (including phenoxy) is 1. The summed E-state index contributed by atoms with van der Waals surface area (Å²) in [6, 6.07) is 9.35. The molecule has 0 aliphatic carbocycles. The number of carbonyl (C=O) groups excluding carboxylic acids is 2. The number of carbonyl (C=O) groups is 2. The Morgan fingerprint density at radius 2 is 1.73 bits per heavy atom. The normalized spacial score (nSPS) is 12.3. The molecule has 3 N–H and O–H groups in total. The number of anilines is 1. The van der Waals surface area contributed by atoms with E-state index in [1.807, 2.05) is 0 Å². The van der Waals surface area contributed by atoms with Gasteiger partial charge in [0.05, 0.1) is 21.2 Å². The number of nitrogens with one attached hydrogen (secondary N) is 1. The van der Waals surface area contributed by atoms with E-state index in [0.29, 0.717) is 10.7 Å². The van der Waals surface area contributed by atoms with Crippen LogP contribution in [-0.4, -0.2) is 26.4 Å². The Balaban J connectivity index is 2.02. The van der Waals surface area contributed by atoms with Crippen LogP contribution in [0.2, 0.25) is 10.0 Å². The lowest BCUT2D eigenvalue weighted by atomic mass is 10.2. The van der Waals surface area contributed by atoms with Crippen molar-refractivity contribution in [2.24, 2.45) is 5.14 Å². The highest BCUT2D eigenvalue weighted by atomic mass is 35.5. The Morgan fingerprint density at radius 1 is 1.12 bits per heavy atom. The molecule has 0 fully saturated rings. The van der Waals surface area contributed by atoms with Gasteiger partial charge in [0, 0.05) is 5.02 Å². The first-order chi connectivity index (χ1) is 12.1. The first kappa shape index (κ1) is 20.2. The zero-order valence-electron chi connectivity index (χ0n) is 13.4. The predicted octanol–water partition coefficient (Wildman–Crippen LogP) is 2.82. The number of hydrogen-bond acceptors (Lipinski definition) is 5. The van der Waals surface area contributed by atoms with Gasteiger partial charge in [-0.3, -0.25) is 4.79 Å². The fourth-order valence-corrected chi connectivity index (χ4v) is 2.86. The van der Waals surface area contributed by atoms with Crippen LogP contribution < -0.4 is 10.5 Å². The second-order valence-corrected chi connectivity index (χ2v) is 7.64. The van der Waals surface area contributed by atoms with Gasteiger partial charge in [-0.05, 0) is 49.4 Å². The van der Waals surface area contributed by atoms with Crippen LogP contribution in [0.1, 0.15) is 17.3 Å². The SMILES string of the molecule is CC(OC(=O)c1ccc(S(N)(=O)=O)cc1)C(=O)Nc1ccc(Cl)cc1Cl. The molecule has 0 saturated carbocycles. The Kier molecular flexibility index (Phi) is 6.25. The number of primary sulfonamides is 1. The van der Waals surface area contributed by atoms with Gasteiger partial charge < -0.3 is 10.1 Å². The summed E-state index contributed by atoms with van der Waals surface area (Å²) in [7, 11) is -3.86. The van der Waals surface area contributed by atoms with E-state index >= 15 is 0 Å².